The lowest BCUT2D eigenvalue weighted by molar-refractivity contribution is -0.142. The molecule has 1 aromatic rings. The van der Waals surface area contributed by atoms with Crippen LogP contribution in [0.3, 0.4) is 0 Å². The van der Waals surface area contributed by atoms with Crippen LogP contribution in [-0.4, -0.2) is 40.0 Å². The molecule has 1 aliphatic rings. The summed E-state index contributed by atoms with van der Waals surface area (Å²) in [5.74, 6) is -1.44. The quantitative estimate of drug-likeness (QED) is 0.853. The number of aliphatic carboxylic acids is 1. The van der Waals surface area contributed by atoms with E-state index in [1.807, 2.05) is 13.8 Å². The number of carbonyl (C=O) groups excluding carboxylic acids is 1. The highest BCUT2D eigenvalue weighted by molar-refractivity contribution is 5.95. The molecule has 0 bridgehead atoms. The summed E-state index contributed by atoms with van der Waals surface area (Å²) >= 11 is 0. The first-order valence-corrected chi connectivity index (χ1v) is 5.93. The first-order valence-electron chi connectivity index (χ1n) is 5.93. The molecule has 5 nitrogen and oxygen atoms in total. The monoisotopic (exact) mass is 248 g/mol. The average Bonchev–Trinajstić information content (AvgIpc) is 2.71. The van der Waals surface area contributed by atoms with Gasteiger partial charge in [-0.25, -0.2) is 0 Å². The number of carboxylic acid groups (broad SMARTS) is 1. The summed E-state index contributed by atoms with van der Waals surface area (Å²) in [5.41, 5.74) is 1.41. The number of hydrogen-bond donors (Lipinski definition) is 1. The van der Waals surface area contributed by atoms with E-state index in [0.717, 1.165) is 5.56 Å². The molecule has 0 radical (unpaired) electrons. The highest BCUT2D eigenvalue weighted by Crippen LogP contribution is 2.25. The van der Waals surface area contributed by atoms with E-state index in [4.69, 9.17) is 5.11 Å². The zero-order chi connectivity index (χ0) is 13.3. The molecule has 0 aliphatic carbocycles. The van der Waals surface area contributed by atoms with Gasteiger partial charge in [0.1, 0.15) is 0 Å². The van der Waals surface area contributed by atoms with Gasteiger partial charge in [0.15, 0.2) is 0 Å². The molecule has 0 aromatic carbocycles. The lowest BCUT2D eigenvalue weighted by Gasteiger charge is -2.16. The van der Waals surface area contributed by atoms with Gasteiger partial charge >= 0.3 is 5.97 Å². The van der Waals surface area contributed by atoms with Crippen LogP contribution < -0.4 is 0 Å². The number of pyridine rings is 1. The Kier molecular flexibility index (Phi) is 3.32. The van der Waals surface area contributed by atoms with Gasteiger partial charge in [-0.3, -0.25) is 14.6 Å². The second kappa shape index (κ2) is 4.76. The van der Waals surface area contributed by atoms with Gasteiger partial charge in [-0.2, -0.15) is 0 Å². The number of nitrogens with zero attached hydrogens (tertiary/aromatic N) is 2. The van der Waals surface area contributed by atoms with Crippen molar-refractivity contribution in [3.63, 3.8) is 0 Å². The van der Waals surface area contributed by atoms with Gasteiger partial charge in [-0.15, -0.1) is 0 Å². The standard InChI is InChI=1S/C13H16N2O3/c1-8-3-4-14-5-10(8)12(16)15-6-9(2)11(7-15)13(17)18/h3-5,9,11H,6-7H2,1-2H3,(H,17,18)/t9-,11-/m1/s1. The fourth-order valence-corrected chi connectivity index (χ4v) is 2.31. The van der Waals surface area contributed by atoms with Crippen LogP contribution in [-0.2, 0) is 4.79 Å². The molecular formula is C13H16N2O3. The molecule has 1 fully saturated rings. The number of rotatable bonds is 2. The lowest BCUT2D eigenvalue weighted by atomic mass is 9.99. The number of amides is 1. The second-order valence-electron chi connectivity index (χ2n) is 4.82. The smallest absolute Gasteiger partial charge is 0.308 e. The van der Waals surface area contributed by atoms with Crippen LogP contribution in [0.15, 0.2) is 18.5 Å². The van der Waals surface area contributed by atoms with Gasteiger partial charge in [0, 0.05) is 25.5 Å². The average molecular weight is 248 g/mol. The van der Waals surface area contributed by atoms with Crippen molar-refractivity contribution in [2.24, 2.45) is 11.8 Å². The van der Waals surface area contributed by atoms with Crippen molar-refractivity contribution in [3.8, 4) is 0 Å². The van der Waals surface area contributed by atoms with Crippen molar-refractivity contribution in [3.05, 3.63) is 29.6 Å². The van der Waals surface area contributed by atoms with E-state index >= 15 is 0 Å². The Morgan fingerprint density at radius 1 is 1.44 bits per heavy atom. The van der Waals surface area contributed by atoms with Crippen molar-refractivity contribution in [2.45, 2.75) is 13.8 Å². The SMILES string of the molecule is Cc1ccncc1C(=O)N1C[C@@H](C)[C@H](C(=O)O)C1. The highest BCUT2D eigenvalue weighted by atomic mass is 16.4. The fourth-order valence-electron chi connectivity index (χ4n) is 2.31. The summed E-state index contributed by atoms with van der Waals surface area (Å²) in [6.07, 6.45) is 3.18. The largest absolute Gasteiger partial charge is 0.481 e. The Balaban J connectivity index is 2.17. The number of carbonyl (C=O) groups is 2. The van der Waals surface area contributed by atoms with E-state index in [9.17, 15) is 9.59 Å². The summed E-state index contributed by atoms with van der Waals surface area (Å²) in [4.78, 5) is 28.9. The molecule has 96 valence electrons. The van der Waals surface area contributed by atoms with E-state index in [0.29, 0.717) is 12.1 Å². The molecule has 2 heterocycles. The van der Waals surface area contributed by atoms with Gasteiger partial charge in [0.2, 0.25) is 0 Å². The van der Waals surface area contributed by atoms with E-state index in [-0.39, 0.29) is 18.4 Å². The molecule has 5 heteroatoms. The van der Waals surface area contributed by atoms with E-state index in [2.05, 4.69) is 4.98 Å². The van der Waals surface area contributed by atoms with E-state index < -0.39 is 11.9 Å². The maximum absolute atomic E-state index is 12.3. The third kappa shape index (κ3) is 2.20. The summed E-state index contributed by atoms with van der Waals surface area (Å²) in [6, 6.07) is 1.78. The third-order valence-electron chi connectivity index (χ3n) is 3.49. The predicted octanol–water partition coefficient (Wildman–Crippen LogP) is 1.18. The van der Waals surface area contributed by atoms with Crippen LogP contribution in [0, 0.1) is 18.8 Å². The molecule has 0 saturated carbocycles. The Morgan fingerprint density at radius 2 is 2.17 bits per heavy atom. The van der Waals surface area contributed by atoms with Crippen LogP contribution in [0.2, 0.25) is 0 Å². The number of hydrogen-bond acceptors (Lipinski definition) is 3. The minimum atomic E-state index is -0.833. The van der Waals surface area contributed by atoms with Crippen LogP contribution in [0.25, 0.3) is 0 Å². The zero-order valence-corrected chi connectivity index (χ0v) is 10.5. The molecule has 0 spiro atoms. The molecule has 18 heavy (non-hydrogen) atoms. The highest BCUT2D eigenvalue weighted by Gasteiger charge is 2.37. The van der Waals surface area contributed by atoms with E-state index in [1.165, 1.54) is 6.20 Å². The summed E-state index contributed by atoms with van der Waals surface area (Å²) < 4.78 is 0. The summed E-state index contributed by atoms with van der Waals surface area (Å²) in [7, 11) is 0. The predicted molar refractivity (Wildman–Crippen MR) is 65.2 cm³/mol. The molecule has 2 atom stereocenters. The molecule has 2 rings (SSSR count). The van der Waals surface area contributed by atoms with Crippen LogP contribution in [0.5, 0.6) is 0 Å². The van der Waals surface area contributed by atoms with Gasteiger partial charge in [0.25, 0.3) is 5.91 Å². The van der Waals surface area contributed by atoms with Crippen LogP contribution >= 0.6 is 0 Å². The minimum Gasteiger partial charge on any atom is -0.481 e. The van der Waals surface area contributed by atoms with Crippen molar-refractivity contribution in [2.75, 3.05) is 13.1 Å². The molecule has 1 amide bonds. The minimum absolute atomic E-state index is 0.0107. The normalized spacial score (nSPS) is 23.1. The molecule has 1 aromatic heterocycles. The number of aryl methyl sites for hydroxylation is 1. The molecule has 1 N–H and O–H groups in total. The molecule has 1 aliphatic heterocycles. The Hall–Kier alpha value is -1.91. The van der Waals surface area contributed by atoms with Crippen LogP contribution in [0.1, 0.15) is 22.8 Å². The third-order valence-corrected chi connectivity index (χ3v) is 3.49. The molecule has 0 unspecified atom stereocenters. The van der Waals surface area contributed by atoms with Gasteiger partial charge < -0.3 is 10.0 Å². The fraction of sp³-hybridized carbons (Fsp3) is 0.462. The second-order valence-corrected chi connectivity index (χ2v) is 4.82. The molecular weight excluding hydrogens is 232 g/mol. The lowest BCUT2D eigenvalue weighted by Crippen LogP contribution is -2.30. The maximum atomic E-state index is 12.3. The van der Waals surface area contributed by atoms with Gasteiger partial charge in [0.05, 0.1) is 11.5 Å². The number of likely N-dealkylation sites (tertiary alicyclic amines) is 1. The number of aromatic nitrogens is 1. The van der Waals surface area contributed by atoms with Crippen molar-refractivity contribution in [1.29, 1.82) is 0 Å². The van der Waals surface area contributed by atoms with Gasteiger partial charge in [-0.05, 0) is 24.5 Å². The Morgan fingerprint density at radius 3 is 2.72 bits per heavy atom. The Bertz CT molecular complexity index is 487. The first-order chi connectivity index (χ1) is 8.50. The Labute approximate surface area is 105 Å². The topological polar surface area (TPSA) is 70.5 Å². The van der Waals surface area contributed by atoms with E-state index in [1.54, 1.807) is 17.2 Å². The summed E-state index contributed by atoms with van der Waals surface area (Å²) in [6.45, 7) is 4.49. The zero-order valence-electron chi connectivity index (χ0n) is 10.5. The maximum Gasteiger partial charge on any atom is 0.308 e. The first kappa shape index (κ1) is 12.5. The van der Waals surface area contributed by atoms with Crippen molar-refractivity contribution >= 4 is 11.9 Å². The number of carboxylic acids is 1. The summed E-state index contributed by atoms with van der Waals surface area (Å²) in [5, 5.41) is 9.06. The van der Waals surface area contributed by atoms with Crippen molar-refractivity contribution in [1.82, 2.24) is 9.88 Å². The van der Waals surface area contributed by atoms with Crippen molar-refractivity contribution < 1.29 is 14.7 Å². The van der Waals surface area contributed by atoms with Gasteiger partial charge in [-0.1, -0.05) is 6.92 Å². The van der Waals surface area contributed by atoms with Crippen LogP contribution in [0.4, 0.5) is 0 Å². The molecule has 1 saturated heterocycles.